The predicted molar refractivity (Wildman–Crippen MR) is 88.0 cm³/mol. The summed E-state index contributed by atoms with van der Waals surface area (Å²) in [6, 6.07) is 6.53. The molecule has 2 atom stereocenters. The molecule has 1 aliphatic rings. The standard InChI is InChI=1S/C17H23FN2S/c1-3-12-8-7-11(2)20(12)10-13-16(9-19)21-15-6-4-5-14(18)17(13)15/h4-6,11-12H,3,7-10,19H2,1-2H3. The average Bonchev–Trinajstić information content (AvgIpc) is 3.02. The SMILES string of the molecule is CCC1CCC(C)N1Cc1c(CN)sc2cccc(F)c12. The van der Waals surface area contributed by atoms with E-state index in [0.717, 1.165) is 33.5 Å². The highest BCUT2D eigenvalue weighted by Crippen LogP contribution is 2.36. The minimum absolute atomic E-state index is 0.113. The van der Waals surface area contributed by atoms with Crippen LogP contribution >= 0.6 is 11.3 Å². The molecule has 1 aliphatic heterocycles. The normalized spacial score (nSPS) is 23.2. The van der Waals surface area contributed by atoms with Crippen molar-refractivity contribution in [3.05, 3.63) is 34.5 Å². The Hall–Kier alpha value is -0.970. The van der Waals surface area contributed by atoms with Crippen LogP contribution in [0.25, 0.3) is 10.1 Å². The molecule has 0 saturated carbocycles. The van der Waals surface area contributed by atoms with E-state index in [0.29, 0.717) is 18.6 Å². The molecule has 0 spiro atoms. The van der Waals surface area contributed by atoms with E-state index >= 15 is 0 Å². The fourth-order valence-corrected chi connectivity index (χ4v) is 4.69. The molecular formula is C17H23FN2S. The molecule has 1 aromatic heterocycles. The lowest BCUT2D eigenvalue weighted by molar-refractivity contribution is 0.190. The Labute approximate surface area is 129 Å². The molecule has 0 amide bonds. The van der Waals surface area contributed by atoms with Gasteiger partial charge in [-0.05, 0) is 43.9 Å². The summed E-state index contributed by atoms with van der Waals surface area (Å²) in [4.78, 5) is 3.66. The second-order valence-electron chi connectivity index (χ2n) is 5.98. The highest BCUT2D eigenvalue weighted by atomic mass is 32.1. The zero-order valence-electron chi connectivity index (χ0n) is 12.7. The maximum Gasteiger partial charge on any atom is 0.132 e. The molecule has 1 fully saturated rings. The van der Waals surface area contributed by atoms with Crippen molar-refractivity contribution in [1.29, 1.82) is 0 Å². The molecule has 2 heterocycles. The first kappa shape index (κ1) is 14.9. The minimum Gasteiger partial charge on any atom is -0.326 e. The van der Waals surface area contributed by atoms with Gasteiger partial charge in [-0.1, -0.05) is 13.0 Å². The van der Waals surface area contributed by atoms with E-state index in [1.165, 1.54) is 12.8 Å². The summed E-state index contributed by atoms with van der Waals surface area (Å²) >= 11 is 1.64. The van der Waals surface area contributed by atoms with Crippen molar-refractivity contribution in [3.8, 4) is 0 Å². The number of hydrogen-bond donors (Lipinski definition) is 1. The number of likely N-dealkylation sites (tertiary alicyclic amines) is 1. The van der Waals surface area contributed by atoms with Gasteiger partial charge in [0.2, 0.25) is 0 Å². The van der Waals surface area contributed by atoms with Crippen molar-refractivity contribution >= 4 is 21.4 Å². The van der Waals surface area contributed by atoms with Crippen molar-refractivity contribution < 1.29 is 4.39 Å². The highest BCUT2D eigenvalue weighted by molar-refractivity contribution is 7.19. The number of nitrogens with zero attached hydrogens (tertiary/aromatic N) is 1. The third kappa shape index (κ3) is 2.60. The summed E-state index contributed by atoms with van der Waals surface area (Å²) in [7, 11) is 0. The second kappa shape index (κ2) is 6.03. The van der Waals surface area contributed by atoms with Crippen LogP contribution in [0.5, 0.6) is 0 Å². The van der Waals surface area contributed by atoms with Crippen LogP contribution in [-0.4, -0.2) is 17.0 Å². The fourth-order valence-electron chi connectivity index (χ4n) is 3.58. The number of rotatable bonds is 4. The molecule has 0 radical (unpaired) electrons. The molecule has 0 bridgehead atoms. The van der Waals surface area contributed by atoms with Gasteiger partial charge in [-0.15, -0.1) is 11.3 Å². The zero-order valence-corrected chi connectivity index (χ0v) is 13.5. The van der Waals surface area contributed by atoms with Crippen LogP contribution in [0.4, 0.5) is 4.39 Å². The number of nitrogens with two attached hydrogens (primary N) is 1. The van der Waals surface area contributed by atoms with Crippen LogP contribution in [0.3, 0.4) is 0 Å². The Bertz CT molecular complexity index is 637. The first-order valence-corrected chi connectivity index (χ1v) is 8.61. The highest BCUT2D eigenvalue weighted by Gasteiger charge is 2.30. The van der Waals surface area contributed by atoms with Crippen LogP contribution in [0.15, 0.2) is 18.2 Å². The summed E-state index contributed by atoms with van der Waals surface area (Å²) < 4.78 is 15.3. The summed E-state index contributed by atoms with van der Waals surface area (Å²) in [5.74, 6) is -0.113. The summed E-state index contributed by atoms with van der Waals surface area (Å²) in [5.41, 5.74) is 7.02. The second-order valence-corrected chi connectivity index (χ2v) is 7.12. The lowest BCUT2D eigenvalue weighted by atomic mass is 10.1. The molecule has 114 valence electrons. The van der Waals surface area contributed by atoms with Gasteiger partial charge in [0.1, 0.15) is 5.82 Å². The minimum atomic E-state index is -0.113. The maximum absolute atomic E-state index is 14.3. The Kier molecular flexibility index (Phi) is 4.29. The molecule has 2 N–H and O–H groups in total. The van der Waals surface area contributed by atoms with Crippen LogP contribution in [-0.2, 0) is 13.1 Å². The topological polar surface area (TPSA) is 29.3 Å². The Morgan fingerprint density at radius 3 is 2.90 bits per heavy atom. The maximum atomic E-state index is 14.3. The van der Waals surface area contributed by atoms with Gasteiger partial charge >= 0.3 is 0 Å². The molecule has 1 saturated heterocycles. The van der Waals surface area contributed by atoms with Crippen molar-refractivity contribution in [1.82, 2.24) is 4.90 Å². The Morgan fingerprint density at radius 2 is 2.19 bits per heavy atom. The number of halogens is 1. The lowest BCUT2D eigenvalue weighted by Crippen LogP contribution is -2.33. The van der Waals surface area contributed by atoms with Gasteiger partial charge in [0.05, 0.1) is 0 Å². The molecule has 2 unspecified atom stereocenters. The average molecular weight is 306 g/mol. The van der Waals surface area contributed by atoms with Crippen molar-refractivity contribution in [3.63, 3.8) is 0 Å². The third-order valence-corrected chi connectivity index (χ3v) is 6.02. The number of benzene rings is 1. The number of hydrogen-bond acceptors (Lipinski definition) is 3. The van der Waals surface area contributed by atoms with E-state index in [4.69, 9.17) is 5.73 Å². The summed E-state index contributed by atoms with van der Waals surface area (Å²) in [5, 5.41) is 0.789. The van der Waals surface area contributed by atoms with Crippen molar-refractivity contribution in [2.75, 3.05) is 0 Å². The van der Waals surface area contributed by atoms with Gasteiger partial charge in [0.15, 0.2) is 0 Å². The van der Waals surface area contributed by atoms with Crippen molar-refractivity contribution in [2.45, 2.75) is 58.3 Å². The van der Waals surface area contributed by atoms with E-state index < -0.39 is 0 Å². The van der Waals surface area contributed by atoms with E-state index in [-0.39, 0.29) is 5.82 Å². The van der Waals surface area contributed by atoms with Gasteiger partial charge in [0.25, 0.3) is 0 Å². The van der Waals surface area contributed by atoms with E-state index in [9.17, 15) is 4.39 Å². The first-order chi connectivity index (χ1) is 10.2. The quantitative estimate of drug-likeness (QED) is 0.914. The fraction of sp³-hybridized carbons (Fsp3) is 0.529. The first-order valence-electron chi connectivity index (χ1n) is 7.80. The molecule has 2 nitrogen and oxygen atoms in total. The summed E-state index contributed by atoms with van der Waals surface area (Å²) in [6.45, 7) is 5.84. The van der Waals surface area contributed by atoms with Crippen LogP contribution in [0.2, 0.25) is 0 Å². The van der Waals surface area contributed by atoms with Gasteiger partial charge < -0.3 is 5.73 Å². The molecule has 1 aromatic carbocycles. The largest absolute Gasteiger partial charge is 0.326 e. The predicted octanol–water partition coefficient (Wildman–Crippen LogP) is 4.26. The lowest BCUT2D eigenvalue weighted by Gasteiger charge is -2.28. The van der Waals surface area contributed by atoms with Gasteiger partial charge in [-0.2, -0.15) is 0 Å². The van der Waals surface area contributed by atoms with E-state index in [1.807, 2.05) is 6.07 Å². The zero-order chi connectivity index (χ0) is 15.0. The van der Waals surface area contributed by atoms with Gasteiger partial charge in [-0.3, -0.25) is 4.90 Å². The van der Waals surface area contributed by atoms with Crippen LogP contribution in [0.1, 0.15) is 43.6 Å². The van der Waals surface area contributed by atoms with Crippen LogP contribution < -0.4 is 5.73 Å². The monoisotopic (exact) mass is 306 g/mol. The number of thiophene rings is 1. The van der Waals surface area contributed by atoms with Gasteiger partial charge in [-0.25, -0.2) is 4.39 Å². The smallest absolute Gasteiger partial charge is 0.132 e. The third-order valence-electron chi connectivity index (χ3n) is 4.80. The molecule has 2 aromatic rings. The molecule has 3 rings (SSSR count). The van der Waals surface area contributed by atoms with Crippen LogP contribution in [0, 0.1) is 5.82 Å². The Morgan fingerprint density at radius 1 is 1.38 bits per heavy atom. The Balaban J connectivity index is 2.03. The van der Waals surface area contributed by atoms with E-state index in [1.54, 1.807) is 23.5 Å². The van der Waals surface area contributed by atoms with Gasteiger partial charge in [0, 0.05) is 40.1 Å². The van der Waals surface area contributed by atoms with Crippen molar-refractivity contribution in [2.24, 2.45) is 5.73 Å². The molecule has 4 heteroatoms. The molecular weight excluding hydrogens is 283 g/mol. The van der Waals surface area contributed by atoms with E-state index in [2.05, 4.69) is 18.7 Å². The molecule has 21 heavy (non-hydrogen) atoms. The molecule has 0 aliphatic carbocycles. The number of fused-ring (bicyclic) bond motifs is 1. The summed E-state index contributed by atoms with van der Waals surface area (Å²) in [6.07, 6.45) is 3.65.